The maximum atomic E-state index is 13.7. The van der Waals surface area contributed by atoms with Gasteiger partial charge in [-0.1, -0.05) is 54.0 Å². The van der Waals surface area contributed by atoms with Crippen molar-refractivity contribution < 1.29 is 13.2 Å². The van der Waals surface area contributed by atoms with Gasteiger partial charge < -0.3 is 4.90 Å². The molecule has 10 heteroatoms. The largest absolute Gasteiger partial charge is 0.309 e. The monoisotopic (exact) mass is 608 g/mol. The minimum atomic E-state index is -3.62. The molecule has 202 valence electrons. The van der Waals surface area contributed by atoms with Crippen molar-refractivity contribution in [2.45, 2.75) is 50.8 Å². The van der Waals surface area contributed by atoms with Crippen LogP contribution in [0.5, 0.6) is 0 Å². The Kier molecular flexibility index (Phi) is 11.1. The number of carbonyl (C=O) groups is 1. The Morgan fingerprint density at radius 2 is 1.57 bits per heavy atom. The molecule has 0 saturated carbocycles. The fourth-order valence-corrected chi connectivity index (χ4v) is 6.99. The predicted molar refractivity (Wildman–Crippen MR) is 157 cm³/mol. The van der Waals surface area contributed by atoms with Gasteiger partial charge in [0.05, 0.1) is 15.1 Å². The van der Waals surface area contributed by atoms with E-state index in [0.29, 0.717) is 30.3 Å². The van der Waals surface area contributed by atoms with Crippen LogP contribution in [0, 0.1) is 0 Å². The Morgan fingerprint density at radius 3 is 2.16 bits per heavy atom. The van der Waals surface area contributed by atoms with Crippen molar-refractivity contribution in [3.05, 3.63) is 52.5 Å². The van der Waals surface area contributed by atoms with Crippen LogP contribution in [0.25, 0.3) is 10.2 Å². The summed E-state index contributed by atoms with van der Waals surface area (Å²) in [5.41, 5.74) is 1.28. The van der Waals surface area contributed by atoms with Gasteiger partial charge >= 0.3 is 0 Å². The summed E-state index contributed by atoms with van der Waals surface area (Å²) in [7, 11) is 0.392. The van der Waals surface area contributed by atoms with Crippen molar-refractivity contribution in [2.24, 2.45) is 0 Å². The molecule has 2 aromatic carbocycles. The molecule has 3 aromatic rings. The number of sulfonamides is 1. The molecule has 1 heterocycles. The third-order valence-corrected chi connectivity index (χ3v) is 9.51. The smallest absolute Gasteiger partial charge is 0.260 e. The third kappa shape index (κ3) is 7.83. The molecule has 1 aromatic heterocycles. The van der Waals surface area contributed by atoms with Crippen molar-refractivity contribution in [1.29, 1.82) is 0 Å². The van der Waals surface area contributed by atoms with Gasteiger partial charge in [0.25, 0.3) is 5.91 Å². The molecule has 0 aliphatic heterocycles. The highest BCUT2D eigenvalue weighted by molar-refractivity contribution is 9.10. The van der Waals surface area contributed by atoms with Crippen molar-refractivity contribution in [1.82, 2.24) is 14.2 Å². The SMILES string of the molecule is CCCCN(CCCC)S(=O)(=O)c1ccc(C(=O)N(CCCN(C)C)c2nc3ccc(Br)cc3s2)cc1. The number of nitrogens with zero attached hydrogens (tertiary/aromatic N) is 4. The molecule has 0 unspecified atom stereocenters. The molecule has 0 radical (unpaired) electrons. The van der Waals surface area contributed by atoms with E-state index in [4.69, 9.17) is 4.98 Å². The normalized spacial score (nSPS) is 12.1. The van der Waals surface area contributed by atoms with Crippen LogP contribution in [0.1, 0.15) is 56.3 Å². The summed E-state index contributed by atoms with van der Waals surface area (Å²) in [5.74, 6) is -0.186. The molecule has 0 spiro atoms. The van der Waals surface area contributed by atoms with Crippen LogP contribution in [0.4, 0.5) is 5.13 Å². The Bertz CT molecular complexity index is 1270. The predicted octanol–water partition coefficient (Wildman–Crippen LogP) is 6.25. The molecule has 1 amide bonds. The first-order valence-electron chi connectivity index (χ1n) is 12.8. The van der Waals surface area contributed by atoms with E-state index >= 15 is 0 Å². The molecule has 0 aliphatic rings. The van der Waals surface area contributed by atoms with E-state index in [9.17, 15) is 13.2 Å². The zero-order valence-electron chi connectivity index (χ0n) is 22.1. The van der Waals surface area contributed by atoms with E-state index < -0.39 is 10.0 Å². The first kappa shape index (κ1) is 29.7. The Labute approximate surface area is 233 Å². The average Bonchev–Trinajstić information content (AvgIpc) is 3.29. The number of unbranched alkanes of at least 4 members (excludes halogenated alkanes) is 2. The zero-order chi connectivity index (χ0) is 27.0. The Hall–Kier alpha value is -1.85. The van der Waals surface area contributed by atoms with E-state index in [1.165, 1.54) is 11.3 Å². The number of anilines is 1. The third-order valence-electron chi connectivity index (χ3n) is 6.06. The Morgan fingerprint density at radius 1 is 0.919 bits per heavy atom. The highest BCUT2D eigenvalue weighted by Crippen LogP contribution is 2.32. The second-order valence-electron chi connectivity index (χ2n) is 9.36. The van der Waals surface area contributed by atoms with Crippen molar-refractivity contribution in [2.75, 3.05) is 45.2 Å². The minimum Gasteiger partial charge on any atom is -0.309 e. The van der Waals surface area contributed by atoms with Gasteiger partial charge in [0.1, 0.15) is 0 Å². The van der Waals surface area contributed by atoms with Crippen LogP contribution in [0.3, 0.4) is 0 Å². The number of hydrogen-bond acceptors (Lipinski definition) is 6. The summed E-state index contributed by atoms with van der Waals surface area (Å²) in [6.07, 6.45) is 4.28. The van der Waals surface area contributed by atoms with Gasteiger partial charge in [-0.3, -0.25) is 9.69 Å². The number of aromatic nitrogens is 1. The molecular weight excluding hydrogens is 572 g/mol. The number of hydrogen-bond donors (Lipinski definition) is 0. The first-order valence-corrected chi connectivity index (χ1v) is 15.8. The number of amides is 1. The van der Waals surface area contributed by atoms with Crippen LogP contribution in [0.15, 0.2) is 51.8 Å². The summed E-state index contributed by atoms with van der Waals surface area (Å²) in [5, 5.41) is 0.638. The lowest BCUT2D eigenvalue weighted by atomic mass is 10.2. The van der Waals surface area contributed by atoms with Crippen LogP contribution < -0.4 is 4.90 Å². The van der Waals surface area contributed by atoms with Gasteiger partial charge in [-0.25, -0.2) is 13.4 Å². The van der Waals surface area contributed by atoms with Crippen molar-refractivity contribution in [3.63, 3.8) is 0 Å². The van der Waals surface area contributed by atoms with E-state index in [2.05, 4.69) is 34.7 Å². The summed E-state index contributed by atoms with van der Waals surface area (Å²) < 4.78 is 30.2. The maximum Gasteiger partial charge on any atom is 0.260 e. The Balaban J connectivity index is 1.88. The van der Waals surface area contributed by atoms with Gasteiger partial charge in [0.15, 0.2) is 5.13 Å². The number of rotatable bonds is 14. The van der Waals surface area contributed by atoms with E-state index in [1.807, 2.05) is 32.3 Å². The summed E-state index contributed by atoms with van der Waals surface area (Å²) >= 11 is 4.98. The van der Waals surface area contributed by atoms with Crippen LogP contribution >= 0.6 is 27.3 Å². The van der Waals surface area contributed by atoms with E-state index in [0.717, 1.165) is 53.3 Å². The van der Waals surface area contributed by atoms with E-state index in [-0.39, 0.29) is 10.8 Å². The number of carbonyl (C=O) groups excluding carboxylic acids is 1. The second-order valence-corrected chi connectivity index (χ2v) is 13.2. The van der Waals surface area contributed by atoms with Gasteiger partial charge in [0.2, 0.25) is 10.0 Å². The summed E-state index contributed by atoms with van der Waals surface area (Å²) in [6.45, 7) is 6.47. The molecule has 0 bridgehead atoms. The zero-order valence-corrected chi connectivity index (χ0v) is 25.3. The molecule has 3 rings (SSSR count). The quantitative estimate of drug-likeness (QED) is 0.216. The lowest BCUT2D eigenvalue weighted by Crippen LogP contribution is -2.34. The first-order chi connectivity index (χ1) is 17.7. The number of thiazole rings is 1. The number of fused-ring (bicyclic) bond motifs is 1. The minimum absolute atomic E-state index is 0.186. The topological polar surface area (TPSA) is 73.8 Å². The van der Waals surface area contributed by atoms with Crippen LogP contribution in [-0.4, -0.2) is 68.8 Å². The summed E-state index contributed by atoms with van der Waals surface area (Å²) in [4.78, 5) is 22.4. The van der Waals surface area contributed by atoms with Crippen molar-refractivity contribution in [3.8, 4) is 0 Å². The molecule has 37 heavy (non-hydrogen) atoms. The van der Waals surface area contributed by atoms with Crippen LogP contribution in [-0.2, 0) is 10.0 Å². The maximum absolute atomic E-state index is 13.7. The second kappa shape index (κ2) is 13.8. The fourth-order valence-electron chi connectivity index (χ4n) is 3.93. The molecule has 7 nitrogen and oxygen atoms in total. The highest BCUT2D eigenvalue weighted by Gasteiger charge is 2.25. The van der Waals surface area contributed by atoms with Gasteiger partial charge in [0, 0.05) is 29.7 Å². The lowest BCUT2D eigenvalue weighted by molar-refractivity contribution is 0.0986. The molecule has 0 aliphatic carbocycles. The molecule has 0 saturated heterocycles. The van der Waals surface area contributed by atoms with Crippen molar-refractivity contribution >= 4 is 58.5 Å². The number of halogens is 1. The highest BCUT2D eigenvalue weighted by atomic mass is 79.9. The van der Waals surface area contributed by atoms with E-state index in [1.54, 1.807) is 33.5 Å². The fraction of sp³-hybridized carbons (Fsp3) is 0.481. The lowest BCUT2D eigenvalue weighted by Gasteiger charge is -2.23. The standard InChI is InChI=1S/C27H37BrN4O3S2/c1-5-7-17-31(18-8-6-2)37(34,35)23-13-10-21(11-14-23)26(33)32(19-9-16-30(3)4)27-29-24-15-12-22(28)20-25(24)36-27/h10-15,20H,5-9,16-19H2,1-4H3. The summed E-state index contributed by atoms with van der Waals surface area (Å²) in [6, 6.07) is 12.2. The van der Waals surface area contributed by atoms with Gasteiger partial charge in [-0.05, 0) is 82.4 Å². The molecular formula is C27H37BrN4O3S2. The number of benzene rings is 2. The van der Waals surface area contributed by atoms with Gasteiger partial charge in [-0.2, -0.15) is 4.31 Å². The molecule has 0 atom stereocenters. The average molecular weight is 610 g/mol. The van der Waals surface area contributed by atoms with Gasteiger partial charge in [-0.15, -0.1) is 0 Å². The molecule has 0 N–H and O–H groups in total. The van der Waals surface area contributed by atoms with Crippen LogP contribution in [0.2, 0.25) is 0 Å². The molecule has 0 fully saturated rings.